The first-order chi connectivity index (χ1) is 9.58. The van der Waals surface area contributed by atoms with E-state index < -0.39 is 0 Å². The van der Waals surface area contributed by atoms with Gasteiger partial charge in [-0.2, -0.15) is 5.10 Å². The smallest absolute Gasteiger partial charge is 0.239 e. The molecule has 0 aliphatic rings. The Morgan fingerprint density at radius 2 is 1.90 bits per heavy atom. The molecule has 1 heterocycles. The van der Waals surface area contributed by atoms with Gasteiger partial charge in [0.25, 0.3) is 0 Å². The van der Waals surface area contributed by atoms with Gasteiger partial charge < -0.3 is 16.0 Å². The molecular weight excluding hydrogens is 254 g/mol. The van der Waals surface area contributed by atoms with Gasteiger partial charge in [0.05, 0.1) is 12.2 Å². The van der Waals surface area contributed by atoms with E-state index in [1.807, 2.05) is 14.0 Å². The molecule has 0 aliphatic heterocycles. The summed E-state index contributed by atoms with van der Waals surface area (Å²) in [6.45, 7) is 7.32. The minimum atomic E-state index is -0.0302. The van der Waals surface area contributed by atoms with Crippen molar-refractivity contribution in [1.82, 2.24) is 15.5 Å². The van der Waals surface area contributed by atoms with E-state index in [0.717, 1.165) is 29.7 Å². The zero-order chi connectivity index (χ0) is 15.1. The van der Waals surface area contributed by atoms with Crippen molar-refractivity contribution < 1.29 is 4.79 Å². The largest absolute Gasteiger partial charge is 0.355 e. The number of hydrogen-bond acceptors (Lipinski definition) is 5. The number of amides is 1. The van der Waals surface area contributed by atoms with Crippen molar-refractivity contribution in [3.8, 4) is 0 Å². The second-order valence-corrected chi connectivity index (χ2v) is 4.65. The zero-order valence-corrected chi connectivity index (χ0v) is 12.9. The van der Waals surface area contributed by atoms with Crippen LogP contribution >= 0.6 is 0 Å². The third kappa shape index (κ3) is 3.66. The van der Waals surface area contributed by atoms with E-state index in [1.54, 1.807) is 4.90 Å². The molecule has 0 unspecified atom stereocenters. The molecule has 0 spiro atoms. The highest BCUT2D eigenvalue weighted by Gasteiger charge is 2.17. The van der Waals surface area contributed by atoms with Crippen molar-refractivity contribution in [2.75, 3.05) is 25.0 Å². The second kappa shape index (κ2) is 7.79. The summed E-state index contributed by atoms with van der Waals surface area (Å²) in [6.07, 6.45) is 1.71. The topological polar surface area (TPSA) is 84.1 Å². The Bertz CT molecular complexity index is 461. The molecule has 6 heteroatoms. The molecule has 0 aliphatic carbocycles. The molecule has 0 radical (unpaired) electrons. The van der Waals surface area contributed by atoms with Crippen molar-refractivity contribution in [2.24, 2.45) is 5.73 Å². The Hall–Kier alpha value is -1.69. The molecule has 0 bridgehead atoms. The highest BCUT2D eigenvalue weighted by molar-refractivity contribution is 5.81. The predicted molar refractivity (Wildman–Crippen MR) is 80.6 cm³/mol. The monoisotopic (exact) mass is 279 g/mol. The van der Waals surface area contributed by atoms with Crippen molar-refractivity contribution in [1.29, 1.82) is 0 Å². The van der Waals surface area contributed by atoms with Gasteiger partial charge in [-0.1, -0.05) is 13.8 Å². The fraction of sp³-hybridized carbons (Fsp3) is 0.643. The lowest BCUT2D eigenvalue weighted by Crippen LogP contribution is -2.36. The number of nitrogens with one attached hydrogen (secondary N) is 1. The first-order valence-electron chi connectivity index (χ1n) is 7.14. The Kier molecular flexibility index (Phi) is 6.38. The van der Waals surface area contributed by atoms with E-state index in [1.165, 1.54) is 0 Å². The first kappa shape index (κ1) is 16.4. The maximum Gasteiger partial charge on any atom is 0.239 e. The van der Waals surface area contributed by atoms with Gasteiger partial charge in [0.2, 0.25) is 5.91 Å². The molecule has 1 rings (SSSR count). The van der Waals surface area contributed by atoms with Crippen molar-refractivity contribution in [3.63, 3.8) is 0 Å². The van der Waals surface area contributed by atoms with Crippen LogP contribution < -0.4 is 16.0 Å². The first-order valence-corrected chi connectivity index (χ1v) is 7.14. The average Bonchev–Trinajstić information content (AvgIpc) is 2.45. The molecule has 0 saturated carbocycles. The fourth-order valence-corrected chi connectivity index (χ4v) is 2.30. The quantitative estimate of drug-likeness (QED) is 0.765. The van der Waals surface area contributed by atoms with Crippen LogP contribution in [0.5, 0.6) is 0 Å². The molecule has 0 saturated heterocycles. The molecular formula is C14H25N5O. The summed E-state index contributed by atoms with van der Waals surface area (Å²) in [5.74, 6) is 0.671. The Labute approximate surface area is 120 Å². The second-order valence-electron chi connectivity index (χ2n) is 4.65. The molecule has 0 fully saturated rings. The van der Waals surface area contributed by atoms with Crippen molar-refractivity contribution >= 4 is 11.7 Å². The van der Waals surface area contributed by atoms with Crippen molar-refractivity contribution in [3.05, 3.63) is 16.8 Å². The number of hydrogen-bond donors (Lipinski definition) is 2. The summed E-state index contributed by atoms with van der Waals surface area (Å²) in [5, 5.41) is 11.3. The van der Waals surface area contributed by atoms with Crippen LogP contribution in [0.2, 0.25) is 0 Å². The van der Waals surface area contributed by atoms with Crippen LogP contribution in [0.1, 0.15) is 37.6 Å². The van der Waals surface area contributed by atoms with Crippen LogP contribution in [-0.4, -0.2) is 36.2 Å². The van der Waals surface area contributed by atoms with Gasteiger partial charge in [-0.3, -0.25) is 4.79 Å². The lowest BCUT2D eigenvalue weighted by atomic mass is 10.0. The summed E-state index contributed by atoms with van der Waals surface area (Å²) in [6, 6.07) is 0. The molecule has 0 aromatic carbocycles. The third-order valence-electron chi connectivity index (χ3n) is 3.26. The normalized spacial score (nSPS) is 10.4. The number of nitrogens with two attached hydrogens (primary N) is 1. The Morgan fingerprint density at radius 1 is 1.20 bits per heavy atom. The lowest BCUT2D eigenvalue weighted by molar-refractivity contribution is -0.119. The van der Waals surface area contributed by atoms with Crippen LogP contribution in [0, 0.1) is 0 Å². The van der Waals surface area contributed by atoms with E-state index in [2.05, 4.69) is 29.4 Å². The Morgan fingerprint density at radius 3 is 2.40 bits per heavy atom. The molecule has 112 valence electrons. The van der Waals surface area contributed by atoms with Gasteiger partial charge in [-0.05, 0) is 25.3 Å². The van der Waals surface area contributed by atoms with E-state index in [9.17, 15) is 4.79 Å². The van der Waals surface area contributed by atoms with Crippen LogP contribution in [0.3, 0.4) is 0 Å². The molecule has 1 aromatic heterocycles. The highest BCUT2D eigenvalue weighted by Crippen LogP contribution is 2.22. The molecule has 0 atom stereocenters. The summed E-state index contributed by atoms with van der Waals surface area (Å²) >= 11 is 0. The van der Waals surface area contributed by atoms with Crippen LogP contribution in [0.4, 0.5) is 5.82 Å². The van der Waals surface area contributed by atoms with Gasteiger partial charge in [-0.25, -0.2) is 0 Å². The van der Waals surface area contributed by atoms with Gasteiger partial charge in [0, 0.05) is 25.7 Å². The number of aryl methyl sites for hydroxylation is 1. The predicted octanol–water partition coefficient (Wildman–Crippen LogP) is 0.632. The van der Waals surface area contributed by atoms with E-state index in [4.69, 9.17) is 5.73 Å². The maximum absolute atomic E-state index is 11.7. The van der Waals surface area contributed by atoms with Gasteiger partial charge in [0.1, 0.15) is 0 Å². The molecule has 6 nitrogen and oxygen atoms in total. The number of carbonyl (C=O) groups is 1. The van der Waals surface area contributed by atoms with Crippen LogP contribution in [0.15, 0.2) is 0 Å². The summed E-state index contributed by atoms with van der Waals surface area (Å²) < 4.78 is 0. The Balaban J connectivity index is 3.08. The van der Waals surface area contributed by atoms with Crippen molar-refractivity contribution in [2.45, 2.75) is 40.2 Å². The van der Waals surface area contributed by atoms with Crippen LogP contribution in [0.25, 0.3) is 0 Å². The number of anilines is 1. The van der Waals surface area contributed by atoms with E-state index >= 15 is 0 Å². The summed E-state index contributed by atoms with van der Waals surface area (Å²) in [5.41, 5.74) is 9.02. The molecule has 1 amide bonds. The summed E-state index contributed by atoms with van der Waals surface area (Å²) in [4.78, 5) is 13.5. The molecule has 20 heavy (non-hydrogen) atoms. The standard InChI is InChI=1S/C14H25N5O/c1-5-10-11(8-15)14(18-17-12(10)6-2)19(4)9-13(20)16-7-3/h5-9,15H2,1-4H3,(H,16,20). The lowest BCUT2D eigenvalue weighted by Gasteiger charge is -2.22. The number of aromatic nitrogens is 2. The van der Waals surface area contributed by atoms with Gasteiger partial charge in [0.15, 0.2) is 5.82 Å². The SMILES string of the molecule is CCNC(=O)CN(C)c1nnc(CC)c(CC)c1CN. The third-order valence-corrected chi connectivity index (χ3v) is 3.26. The van der Waals surface area contributed by atoms with E-state index in [0.29, 0.717) is 18.9 Å². The van der Waals surface area contributed by atoms with E-state index in [-0.39, 0.29) is 12.5 Å². The summed E-state index contributed by atoms with van der Waals surface area (Å²) in [7, 11) is 1.84. The number of likely N-dealkylation sites (N-methyl/N-ethyl adjacent to an activating group) is 2. The van der Waals surface area contributed by atoms with Crippen LogP contribution in [-0.2, 0) is 24.2 Å². The maximum atomic E-state index is 11.7. The van der Waals surface area contributed by atoms with Gasteiger partial charge in [-0.15, -0.1) is 5.10 Å². The number of rotatable bonds is 7. The number of carbonyl (C=O) groups excluding carboxylic acids is 1. The minimum Gasteiger partial charge on any atom is -0.355 e. The molecule has 3 N–H and O–H groups in total. The zero-order valence-electron chi connectivity index (χ0n) is 12.9. The highest BCUT2D eigenvalue weighted by atomic mass is 16.2. The minimum absolute atomic E-state index is 0.0302. The molecule has 1 aromatic rings. The average molecular weight is 279 g/mol. The fourth-order valence-electron chi connectivity index (χ4n) is 2.30. The number of nitrogens with zero attached hydrogens (tertiary/aromatic N) is 3. The van der Waals surface area contributed by atoms with Gasteiger partial charge >= 0.3 is 0 Å².